The van der Waals surface area contributed by atoms with Crippen LogP contribution >= 0.6 is 23.5 Å². The highest BCUT2D eigenvalue weighted by Crippen LogP contribution is 2.23. The van der Waals surface area contributed by atoms with E-state index in [1.165, 1.54) is 23.5 Å². The zero-order chi connectivity index (χ0) is 17.8. The zero-order valence-corrected chi connectivity index (χ0v) is 14.9. The molecule has 3 aromatic heterocycles. The molecule has 0 spiro atoms. The van der Waals surface area contributed by atoms with E-state index < -0.39 is 5.97 Å². The second kappa shape index (κ2) is 7.53. The van der Waals surface area contributed by atoms with E-state index in [1.807, 2.05) is 12.5 Å². The van der Waals surface area contributed by atoms with Gasteiger partial charge in [0.25, 0.3) is 0 Å². The summed E-state index contributed by atoms with van der Waals surface area (Å²) in [4.78, 5) is 36.3. The lowest BCUT2D eigenvalue weighted by Crippen LogP contribution is -2.06. The molecular formula is C15H12N6O2S2. The Morgan fingerprint density at radius 2 is 1.24 bits per heavy atom. The van der Waals surface area contributed by atoms with E-state index >= 15 is 0 Å². The second-order valence-corrected chi connectivity index (χ2v) is 6.23. The van der Waals surface area contributed by atoms with Gasteiger partial charge in [-0.3, -0.25) is 0 Å². The quantitative estimate of drug-likeness (QED) is 0.529. The van der Waals surface area contributed by atoms with Crippen LogP contribution in [-0.2, 0) is 0 Å². The van der Waals surface area contributed by atoms with Crippen molar-refractivity contribution in [2.24, 2.45) is 0 Å². The maximum Gasteiger partial charge on any atom is 0.373 e. The van der Waals surface area contributed by atoms with E-state index in [0.29, 0.717) is 32.8 Å². The highest BCUT2D eigenvalue weighted by molar-refractivity contribution is 7.98. The van der Waals surface area contributed by atoms with Crippen molar-refractivity contribution in [3.8, 4) is 22.5 Å². The van der Waals surface area contributed by atoms with E-state index in [-0.39, 0.29) is 5.82 Å². The summed E-state index contributed by atoms with van der Waals surface area (Å²) in [6.45, 7) is 0. The second-order valence-electron chi connectivity index (χ2n) is 4.68. The topological polar surface area (TPSA) is 115 Å². The molecule has 0 bridgehead atoms. The molecule has 10 heteroatoms. The van der Waals surface area contributed by atoms with Crippen molar-refractivity contribution in [2.75, 3.05) is 12.5 Å². The molecule has 0 saturated heterocycles. The first-order valence-electron chi connectivity index (χ1n) is 6.96. The highest BCUT2D eigenvalue weighted by atomic mass is 32.2. The summed E-state index contributed by atoms with van der Waals surface area (Å²) < 4.78 is 0. The third-order valence-electron chi connectivity index (χ3n) is 3.13. The molecule has 0 saturated carbocycles. The molecule has 3 heterocycles. The Hall–Kier alpha value is -2.59. The minimum absolute atomic E-state index is 0.310. The Bertz CT molecular complexity index is 837. The molecule has 8 nitrogen and oxygen atoms in total. The summed E-state index contributed by atoms with van der Waals surface area (Å²) in [6, 6.07) is 1.67. The van der Waals surface area contributed by atoms with E-state index in [0.717, 1.165) is 0 Å². The number of hydrogen-bond acceptors (Lipinski definition) is 9. The van der Waals surface area contributed by atoms with Crippen molar-refractivity contribution in [1.29, 1.82) is 0 Å². The number of carboxylic acids is 1. The van der Waals surface area contributed by atoms with Crippen molar-refractivity contribution in [3.63, 3.8) is 0 Å². The van der Waals surface area contributed by atoms with E-state index in [2.05, 4.69) is 29.9 Å². The molecule has 0 amide bonds. The molecule has 126 valence electrons. The first-order chi connectivity index (χ1) is 12.1. The molecule has 1 N–H and O–H groups in total. The number of nitrogens with zero attached hydrogens (tertiary/aromatic N) is 6. The van der Waals surface area contributed by atoms with Gasteiger partial charge >= 0.3 is 5.97 Å². The van der Waals surface area contributed by atoms with Crippen LogP contribution in [-0.4, -0.2) is 53.5 Å². The summed E-state index contributed by atoms with van der Waals surface area (Å²) in [5, 5.41) is 10.5. The minimum Gasteiger partial charge on any atom is -0.475 e. The molecule has 0 aromatic carbocycles. The van der Waals surface area contributed by atoms with E-state index in [1.54, 1.807) is 30.9 Å². The molecule has 0 unspecified atom stereocenters. The first kappa shape index (κ1) is 17.2. The standard InChI is InChI=1S/C15H12N6O2S2/c1-24-14-16-4-8(5-17-14)10-3-11(21-12(20-10)13(22)23)9-6-18-15(25-2)19-7-9/h3-7H,1-2H3,(H,22,23). The fraction of sp³-hybridized carbons (Fsp3) is 0.133. The van der Waals surface area contributed by atoms with Crippen LogP contribution in [0.15, 0.2) is 41.2 Å². The number of thioether (sulfide) groups is 2. The van der Waals surface area contributed by atoms with Gasteiger partial charge in [-0.1, -0.05) is 23.5 Å². The SMILES string of the molecule is CSc1ncc(-c2cc(-c3cnc(SC)nc3)nc(C(=O)O)n2)cn1. The molecule has 25 heavy (non-hydrogen) atoms. The zero-order valence-electron chi connectivity index (χ0n) is 13.2. The van der Waals surface area contributed by atoms with Crippen LogP contribution in [0.4, 0.5) is 0 Å². The Morgan fingerprint density at radius 3 is 1.56 bits per heavy atom. The van der Waals surface area contributed by atoms with Gasteiger partial charge in [-0.05, 0) is 18.6 Å². The van der Waals surface area contributed by atoms with E-state index in [4.69, 9.17) is 0 Å². The summed E-state index contributed by atoms with van der Waals surface area (Å²) in [7, 11) is 0. The maximum absolute atomic E-state index is 11.4. The van der Waals surface area contributed by atoms with Crippen LogP contribution in [0.2, 0.25) is 0 Å². The van der Waals surface area contributed by atoms with Crippen LogP contribution in [0.5, 0.6) is 0 Å². The van der Waals surface area contributed by atoms with Gasteiger partial charge in [0.2, 0.25) is 5.82 Å². The largest absolute Gasteiger partial charge is 0.475 e. The highest BCUT2D eigenvalue weighted by Gasteiger charge is 2.14. The van der Waals surface area contributed by atoms with Crippen LogP contribution in [0.3, 0.4) is 0 Å². The molecular weight excluding hydrogens is 360 g/mol. The average Bonchev–Trinajstić information content (AvgIpc) is 2.67. The van der Waals surface area contributed by atoms with Crippen LogP contribution < -0.4 is 0 Å². The van der Waals surface area contributed by atoms with E-state index in [9.17, 15) is 9.90 Å². The van der Waals surface area contributed by atoms with Gasteiger partial charge in [-0.15, -0.1) is 0 Å². The van der Waals surface area contributed by atoms with Crippen molar-refractivity contribution in [1.82, 2.24) is 29.9 Å². The van der Waals surface area contributed by atoms with Crippen molar-refractivity contribution in [2.45, 2.75) is 10.3 Å². The van der Waals surface area contributed by atoms with Crippen LogP contribution in [0.25, 0.3) is 22.5 Å². The van der Waals surface area contributed by atoms with Crippen LogP contribution in [0, 0.1) is 0 Å². The summed E-state index contributed by atoms with van der Waals surface area (Å²) in [5.74, 6) is -1.53. The van der Waals surface area contributed by atoms with Gasteiger partial charge in [-0.2, -0.15) is 0 Å². The predicted molar refractivity (Wildman–Crippen MR) is 94.6 cm³/mol. The summed E-state index contributed by atoms with van der Waals surface area (Å²) in [5.41, 5.74) is 2.05. The molecule has 0 fully saturated rings. The number of rotatable bonds is 5. The number of hydrogen-bond donors (Lipinski definition) is 1. The third-order valence-corrected chi connectivity index (χ3v) is 4.28. The van der Waals surface area contributed by atoms with Gasteiger partial charge in [0, 0.05) is 35.9 Å². The lowest BCUT2D eigenvalue weighted by molar-refractivity contribution is 0.0683. The fourth-order valence-electron chi connectivity index (χ4n) is 1.95. The van der Waals surface area contributed by atoms with Crippen molar-refractivity contribution < 1.29 is 9.90 Å². The molecule has 0 aliphatic heterocycles. The molecule has 0 aliphatic carbocycles. The Balaban J connectivity index is 2.08. The van der Waals surface area contributed by atoms with Gasteiger partial charge in [0.15, 0.2) is 10.3 Å². The van der Waals surface area contributed by atoms with Gasteiger partial charge in [-0.25, -0.2) is 34.7 Å². The Labute approximate surface area is 151 Å². The number of aromatic nitrogens is 6. The molecule has 0 atom stereocenters. The van der Waals surface area contributed by atoms with Crippen molar-refractivity contribution in [3.05, 3.63) is 36.7 Å². The summed E-state index contributed by atoms with van der Waals surface area (Å²) >= 11 is 2.83. The predicted octanol–water partition coefficient (Wildman–Crippen LogP) is 2.53. The lowest BCUT2D eigenvalue weighted by Gasteiger charge is -2.06. The Morgan fingerprint density at radius 1 is 0.840 bits per heavy atom. The maximum atomic E-state index is 11.4. The molecule has 0 aliphatic rings. The minimum atomic E-state index is -1.22. The Kier molecular flexibility index (Phi) is 5.19. The van der Waals surface area contributed by atoms with Crippen LogP contribution in [0.1, 0.15) is 10.6 Å². The van der Waals surface area contributed by atoms with Gasteiger partial charge in [0.1, 0.15) is 0 Å². The number of carbonyl (C=O) groups is 1. The van der Waals surface area contributed by atoms with Crippen molar-refractivity contribution >= 4 is 29.5 Å². The normalized spacial score (nSPS) is 10.6. The molecule has 0 radical (unpaired) electrons. The smallest absolute Gasteiger partial charge is 0.373 e. The molecule has 3 rings (SSSR count). The number of aromatic carboxylic acids is 1. The fourth-order valence-corrected chi connectivity index (χ4v) is 2.58. The molecule has 3 aromatic rings. The lowest BCUT2D eigenvalue weighted by atomic mass is 10.1. The average molecular weight is 372 g/mol. The monoisotopic (exact) mass is 372 g/mol. The number of carboxylic acid groups (broad SMARTS) is 1. The van der Waals surface area contributed by atoms with Gasteiger partial charge in [0.05, 0.1) is 11.4 Å². The third kappa shape index (κ3) is 3.91. The first-order valence-corrected chi connectivity index (χ1v) is 9.41. The van der Waals surface area contributed by atoms with Gasteiger partial charge < -0.3 is 5.11 Å². The summed E-state index contributed by atoms with van der Waals surface area (Å²) in [6.07, 6.45) is 10.2.